The number of nitrogens with zero attached hydrogens (tertiary/aromatic N) is 2. The molecule has 0 aromatic carbocycles. The Morgan fingerprint density at radius 3 is 2.67 bits per heavy atom. The fourth-order valence-corrected chi connectivity index (χ4v) is 3.85. The summed E-state index contributed by atoms with van der Waals surface area (Å²) in [4.78, 5) is 6.90. The van der Waals surface area contributed by atoms with Crippen LogP contribution in [0.25, 0.3) is 0 Å². The molecule has 2 heterocycles. The van der Waals surface area contributed by atoms with Crippen molar-refractivity contribution in [1.29, 1.82) is 0 Å². The number of pyridine rings is 1. The monoisotopic (exact) mass is 329 g/mol. The van der Waals surface area contributed by atoms with Crippen molar-refractivity contribution in [2.75, 3.05) is 30.8 Å². The van der Waals surface area contributed by atoms with E-state index in [2.05, 4.69) is 45.1 Å². The minimum absolute atomic E-state index is 0.272. The van der Waals surface area contributed by atoms with Gasteiger partial charge in [0.2, 0.25) is 0 Å². The second-order valence-electron chi connectivity index (χ2n) is 4.90. The number of aryl methyl sites for hydroxylation is 1. The molecule has 0 aliphatic carbocycles. The fourth-order valence-electron chi connectivity index (χ4n) is 2.38. The molecule has 2 N–H and O–H groups in total. The van der Waals surface area contributed by atoms with Crippen molar-refractivity contribution in [1.82, 2.24) is 4.98 Å². The maximum atomic E-state index is 5.92. The lowest BCUT2D eigenvalue weighted by Gasteiger charge is -2.40. The smallest absolute Gasteiger partial charge is 0.142 e. The van der Waals surface area contributed by atoms with E-state index in [1.807, 2.05) is 18.0 Å². The maximum Gasteiger partial charge on any atom is 0.142 e. The van der Waals surface area contributed by atoms with Crippen molar-refractivity contribution < 1.29 is 0 Å². The van der Waals surface area contributed by atoms with E-state index < -0.39 is 0 Å². The van der Waals surface area contributed by atoms with Gasteiger partial charge in [0.1, 0.15) is 5.82 Å². The van der Waals surface area contributed by atoms with Gasteiger partial charge in [0.15, 0.2) is 0 Å². The van der Waals surface area contributed by atoms with Crippen LogP contribution in [0.1, 0.15) is 18.4 Å². The first kappa shape index (κ1) is 14.2. The van der Waals surface area contributed by atoms with Crippen LogP contribution in [0.15, 0.2) is 16.7 Å². The average Bonchev–Trinajstić information content (AvgIpc) is 2.39. The molecule has 1 aromatic heterocycles. The van der Waals surface area contributed by atoms with Gasteiger partial charge in [-0.1, -0.05) is 0 Å². The third-order valence-electron chi connectivity index (χ3n) is 3.74. The summed E-state index contributed by atoms with van der Waals surface area (Å²) in [7, 11) is 0. The first-order valence-corrected chi connectivity index (χ1v) is 8.24. The van der Waals surface area contributed by atoms with Gasteiger partial charge in [-0.15, -0.1) is 0 Å². The normalized spacial score (nSPS) is 19.0. The van der Waals surface area contributed by atoms with Crippen molar-refractivity contribution in [3.8, 4) is 0 Å². The SMILES string of the molecule is CSC1(CN)CCN(c2ncc(C)cc2Br)CC1. The predicted octanol–water partition coefficient (Wildman–Crippen LogP) is 2.81. The molecular weight excluding hydrogens is 310 g/mol. The minimum Gasteiger partial charge on any atom is -0.356 e. The van der Waals surface area contributed by atoms with E-state index in [9.17, 15) is 0 Å². The van der Waals surface area contributed by atoms with Gasteiger partial charge in [-0.2, -0.15) is 11.8 Å². The summed E-state index contributed by atoms with van der Waals surface area (Å²) in [5.41, 5.74) is 7.10. The van der Waals surface area contributed by atoms with Gasteiger partial charge in [0.05, 0.1) is 4.47 Å². The third kappa shape index (κ3) is 2.83. The fraction of sp³-hybridized carbons (Fsp3) is 0.615. The van der Waals surface area contributed by atoms with Crippen LogP contribution in [0.4, 0.5) is 5.82 Å². The van der Waals surface area contributed by atoms with Crippen LogP contribution in [0.2, 0.25) is 0 Å². The lowest BCUT2D eigenvalue weighted by Crippen LogP contribution is -2.46. The Morgan fingerprint density at radius 2 is 2.17 bits per heavy atom. The van der Waals surface area contributed by atoms with Crippen LogP contribution in [0, 0.1) is 6.92 Å². The van der Waals surface area contributed by atoms with E-state index in [1.165, 1.54) is 5.56 Å². The molecule has 3 nitrogen and oxygen atoms in total. The molecule has 1 fully saturated rings. The molecule has 1 saturated heterocycles. The number of thioether (sulfide) groups is 1. The zero-order valence-corrected chi connectivity index (χ0v) is 13.4. The van der Waals surface area contributed by atoms with E-state index in [0.717, 1.165) is 42.8 Å². The standard InChI is InChI=1S/C13H20BrN3S/c1-10-7-11(14)12(16-8-10)17-5-3-13(9-15,18-2)4-6-17/h7-8H,3-6,9,15H2,1-2H3. The minimum atomic E-state index is 0.272. The zero-order valence-electron chi connectivity index (χ0n) is 10.9. The zero-order chi connectivity index (χ0) is 13.2. The van der Waals surface area contributed by atoms with Crippen molar-refractivity contribution in [3.63, 3.8) is 0 Å². The Kier molecular flexibility index (Phi) is 4.56. The molecule has 0 unspecified atom stereocenters. The largest absolute Gasteiger partial charge is 0.356 e. The topological polar surface area (TPSA) is 42.1 Å². The van der Waals surface area contributed by atoms with E-state index in [0.29, 0.717) is 0 Å². The van der Waals surface area contributed by atoms with Gasteiger partial charge in [0.25, 0.3) is 0 Å². The summed E-state index contributed by atoms with van der Waals surface area (Å²) < 4.78 is 1.36. The Balaban J connectivity index is 2.10. The molecule has 1 aliphatic rings. The van der Waals surface area contributed by atoms with E-state index in [1.54, 1.807) is 0 Å². The molecule has 0 amide bonds. The molecule has 1 aromatic rings. The summed E-state index contributed by atoms with van der Waals surface area (Å²) in [6.07, 6.45) is 6.36. The van der Waals surface area contributed by atoms with Crippen LogP contribution in [-0.4, -0.2) is 35.6 Å². The molecule has 18 heavy (non-hydrogen) atoms. The van der Waals surface area contributed by atoms with Gasteiger partial charge in [-0.3, -0.25) is 0 Å². The third-order valence-corrected chi connectivity index (χ3v) is 5.76. The quantitative estimate of drug-likeness (QED) is 0.925. The predicted molar refractivity (Wildman–Crippen MR) is 83.4 cm³/mol. The van der Waals surface area contributed by atoms with Gasteiger partial charge < -0.3 is 10.6 Å². The maximum absolute atomic E-state index is 5.92. The van der Waals surface area contributed by atoms with Gasteiger partial charge >= 0.3 is 0 Å². The van der Waals surface area contributed by atoms with Gasteiger partial charge in [-0.05, 0) is 53.6 Å². The van der Waals surface area contributed by atoms with Crippen LogP contribution in [0.3, 0.4) is 0 Å². The molecule has 0 saturated carbocycles. The molecule has 0 radical (unpaired) electrons. The highest BCUT2D eigenvalue weighted by atomic mass is 79.9. The molecular formula is C13H20BrN3S. The first-order valence-electron chi connectivity index (χ1n) is 6.22. The summed E-state index contributed by atoms with van der Waals surface area (Å²) in [6, 6.07) is 2.13. The lowest BCUT2D eigenvalue weighted by molar-refractivity contribution is 0.455. The molecule has 0 atom stereocenters. The number of anilines is 1. The Labute approximate surface area is 122 Å². The highest BCUT2D eigenvalue weighted by Gasteiger charge is 2.33. The molecule has 1 aliphatic heterocycles. The summed E-state index contributed by atoms with van der Waals surface area (Å²) >= 11 is 5.52. The second-order valence-corrected chi connectivity index (χ2v) is 7.03. The van der Waals surface area contributed by atoms with E-state index in [4.69, 9.17) is 5.73 Å². The number of hydrogen-bond acceptors (Lipinski definition) is 4. The molecule has 0 bridgehead atoms. The number of nitrogens with two attached hydrogens (primary N) is 1. The second kappa shape index (κ2) is 5.80. The van der Waals surface area contributed by atoms with Gasteiger partial charge in [-0.25, -0.2) is 4.98 Å². The molecule has 5 heteroatoms. The number of aromatic nitrogens is 1. The highest BCUT2D eigenvalue weighted by Crippen LogP contribution is 2.36. The first-order chi connectivity index (χ1) is 8.60. The average molecular weight is 330 g/mol. The number of halogens is 1. The molecule has 2 rings (SSSR count). The Morgan fingerprint density at radius 1 is 1.50 bits per heavy atom. The van der Waals surface area contributed by atoms with Crippen molar-refractivity contribution in [2.24, 2.45) is 5.73 Å². The van der Waals surface area contributed by atoms with Crippen LogP contribution >= 0.6 is 27.7 Å². The Hall–Kier alpha value is -0.260. The summed E-state index contributed by atoms with van der Waals surface area (Å²) in [5, 5.41) is 0. The number of hydrogen-bond donors (Lipinski definition) is 1. The van der Waals surface area contributed by atoms with Gasteiger partial charge in [0, 0.05) is 30.6 Å². The van der Waals surface area contributed by atoms with E-state index in [-0.39, 0.29) is 4.75 Å². The van der Waals surface area contributed by atoms with Crippen LogP contribution in [-0.2, 0) is 0 Å². The lowest BCUT2D eigenvalue weighted by atomic mass is 9.96. The number of rotatable bonds is 3. The van der Waals surface area contributed by atoms with E-state index >= 15 is 0 Å². The van der Waals surface area contributed by atoms with Crippen LogP contribution in [0.5, 0.6) is 0 Å². The van der Waals surface area contributed by atoms with Crippen molar-refractivity contribution in [3.05, 3.63) is 22.3 Å². The number of piperidine rings is 1. The van der Waals surface area contributed by atoms with Crippen LogP contribution < -0.4 is 10.6 Å². The molecule has 100 valence electrons. The Bertz CT molecular complexity index is 411. The summed E-state index contributed by atoms with van der Waals surface area (Å²) in [6.45, 7) is 4.90. The molecule has 0 spiro atoms. The summed E-state index contributed by atoms with van der Waals surface area (Å²) in [5.74, 6) is 1.06. The highest BCUT2D eigenvalue weighted by molar-refractivity contribution is 9.10. The van der Waals surface area contributed by atoms with Crippen molar-refractivity contribution in [2.45, 2.75) is 24.5 Å². The van der Waals surface area contributed by atoms with Crippen molar-refractivity contribution >= 4 is 33.5 Å².